The fourth-order valence-corrected chi connectivity index (χ4v) is 2.03. The molecule has 118 valence electrons. The number of rotatable bonds is 9. The Kier molecular flexibility index (Phi) is 16.6. The SMILES string of the molecule is CCN(CC)CCN(CC)CC.O=[PH](O)O[PH](=O)O. The Hall–Kier alpha value is 0.260. The van der Waals surface area contributed by atoms with Crippen LogP contribution in [0.5, 0.6) is 0 Å². The van der Waals surface area contributed by atoms with Crippen molar-refractivity contribution >= 4 is 16.5 Å². The number of nitrogens with zero attached hydrogens (tertiary/aromatic N) is 2. The van der Waals surface area contributed by atoms with Gasteiger partial charge in [0.1, 0.15) is 0 Å². The van der Waals surface area contributed by atoms with E-state index in [9.17, 15) is 9.13 Å². The van der Waals surface area contributed by atoms with Gasteiger partial charge in [-0.3, -0.25) is 9.13 Å². The second-order valence-corrected chi connectivity index (χ2v) is 5.57. The molecular weight excluding hydrogens is 290 g/mol. The lowest BCUT2D eigenvalue weighted by molar-refractivity contribution is 0.227. The molecule has 0 amide bonds. The first-order valence-electron chi connectivity index (χ1n) is 6.49. The third kappa shape index (κ3) is 16.2. The Morgan fingerprint density at radius 2 is 1.05 bits per heavy atom. The van der Waals surface area contributed by atoms with E-state index < -0.39 is 16.5 Å². The second-order valence-electron chi connectivity index (χ2n) is 3.69. The molecule has 0 heterocycles. The molecule has 0 rings (SSSR count). The average molecular weight is 318 g/mol. The van der Waals surface area contributed by atoms with Crippen molar-refractivity contribution in [3.8, 4) is 0 Å². The van der Waals surface area contributed by atoms with Crippen LogP contribution in [-0.4, -0.2) is 58.9 Å². The van der Waals surface area contributed by atoms with E-state index in [1.807, 2.05) is 0 Å². The molecule has 0 aliphatic heterocycles. The zero-order chi connectivity index (χ0) is 15.3. The molecule has 0 fully saturated rings. The second kappa shape index (κ2) is 14.7. The van der Waals surface area contributed by atoms with Crippen molar-refractivity contribution in [2.45, 2.75) is 27.7 Å². The van der Waals surface area contributed by atoms with Gasteiger partial charge in [0.15, 0.2) is 0 Å². The monoisotopic (exact) mass is 318 g/mol. The van der Waals surface area contributed by atoms with Crippen LogP contribution in [0, 0.1) is 0 Å². The van der Waals surface area contributed by atoms with Crippen LogP contribution < -0.4 is 0 Å². The average Bonchev–Trinajstić information content (AvgIpc) is 2.34. The van der Waals surface area contributed by atoms with Gasteiger partial charge in [-0.25, -0.2) is 4.31 Å². The summed E-state index contributed by atoms with van der Waals surface area (Å²) in [5.74, 6) is 0. The summed E-state index contributed by atoms with van der Waals surface area (Å²) in [4.78, 5) is 20.4. The summed E-state index contributed by atoms with van der Waals surface area (Å²) in [7, 11) is -6.40. The topological polar surface area (TPSA) is 90.3 Å². The van der Waals surface area contributed by atoms with Crippen molar-refractivity contribution in [1.82, 2.24) is 9.80 Å². The minimum atomic E-state index is -3.20. The maximum Gasteiger partial charge on any atom is 0.323 e. The van der Waals surface area contributed by atoms with Gasteiger partial charge in [-0.1, -0.05) is 27.7 Å². The summed E-state index contributed by atoms with van der Waals surface area (Å²) < 4.78 is 22.3. The van der Waals surface area contributed by atoms with Gasteiger partial charge in [-0.05, 0) is 26.2 Å². The van der Waals surface area contributed by atoms with Crippen molar-refractivity contribution in [3.05, 3.63) is 0 Å². The van der Waals surface area contributed by atoms with E-state index in [1.165, 1.54) is 39.3 Å². The van der Waals surface area contributed by atoms with Crippen molar-refractivity contribution in [2.24, 2.45) is 0 Å². The van der Waals surface area contributed by atoms with Gasteiger partial charge in [0.2, 0.25) is 0 Å². The van der Waals surface area contributed by atoms with Crippen molar-refractivity contribution in [2.75, 3.05) is 39.3 Å². The molecule has 0 aliphatic rings. The molecule has 0 aromatic carbocycles. The largest absolute Gasteiger partial charge is 0.326 e. The molecule has 0 bridgehead atoms. The zero-order valence-electron chi connectivity index (χ0n) is 12.3. The first kappa shape index (κ1) is 21.6. The quantitative estimate of drug-likeness (QED) is 0.622. The summed E-state index contributed by atoms with van der Waals surface area (Å²) >= 11 is 0. The molecule has 0 spiro atoms. The number of hydrogen-bond donors (Lipinski definition) is 2. The van der Waals surface area contributed by atoms with E-state index in [0.29, 0.717) is 0 Å². The highest BCUT2D eigenvalue weighted by Gasteiger charge is 2.02. The highest BCUT2D eigenvalue weighted by molar-refractivity contribution is 7.46. The highest BCUT2D eigenvalue weighted by Crippen LogP contribution is 2.30. The van der Waals surface area contributed by atoms with Crippen LogP contribution in [0.4, 0.5) is 0 Å². The zero-order valence-corrected chi connectivity index (χ0v) is 14.3. The van der Waals surface area contributed by atoms with E-state index in [2.05, 4.69) is 41.8 Å². The van der Waals surface area contributed by atoms with Gasteiger partial charge in [0, 0.05) is 13.1 Å². The van der Waals surface area contributed by atoms with Crippen molar-refractivity contribution in [1.29, 1.82) is 0 Å². The van der Waals surface area contributed by atoms with Gasteiger partial charge in [0.25, 0.3) is 0 Å². The Balaban J connectivity index is 0. The minimum Gasteiger partial charge on any atom is -0.326 e. The van der Waals surface area contributed by atoms with Crippen LogP contribution in [0.1, 0.15) is 27.7 Å². The summed E-state index contributed by atoms with van der Waals surface area (Å²) in [5, 5.41) is 0. The molecule has 0 radical (unpaired) electrons. The van der Waals surface area contributed by atoms with E-state index in [4.69, 9.17) is 9.79 Å². The molecule has 0 aliphatic carbocycles. The molecule has 19 heavy (non-hydrogen) atoms. The normalized spacial score (nSPS) is 14.1. The van der Waals surface area contributed by atoms with Gasteiger partial charge >= 0.3 is 16.5 Å². The van der Waals surface area contributed by atoms with Gasteiger partial charge in [-0.15, -0.1) is 0 Å². The molecule has 0 aromatic rings. The lowest BCUT2D eigenvalue weighted by Gasteiger charge is -2.23. The van der Waals surface area contributed by atoms with E-state index in [0.717, 1.165) is 0 Å². The predicted octanol–water partition coefficient (Wildman–Crippen LogP) is 1.44. The first-order valence-corrected chi connectivity index (χ1v) is 9.02. The number of hydrogen-bond acceptors (Lipinski definition) is 5. The van der Waals surface area contributed by atoms with Gasteiger partial charge < -0.3 is 19.6 Å². The molecule has 0 saturated carbocycles. The minimum absolute atomic E-state index is 1.18. The summed E-state index contributed by atoms with van der Waals surface area (Å²) in [6.45, 7) is 16.1. The lowest BCUT2D eigenvalue weighted by Crippen LogP contribution is -2.34. The summed E-state index contributed by atoms with van der Waals surface area (Å²) in [5.41, 5.74) is 0. The Morgan fingerprint density at radius 3 is 1.16 bits per heavy atom. The van der Waals surface area contributed by atoms with Crippen molar-refractivity contribution in [3.63, 3.8) is 0 Å². The van der Waals surface area contributed by atoms with Crippen LogP contribution in [0.15, 0.2) is 0 Å². The molecule has 0 aromatic heterocycles. The lowest BCUT2D eigenvalue weighted by atomic mass is 10.4. The van der Waals surface area contributed by atoms with E-state index >= 15 is 0 Å². The fourth-order valence-electron chi connectivity index (χ4n) is 1.44. The third-order valence-electron chi connectivity index (χ3n) is 2.70. The number of likely N-dealkylation sites (N-methyl/N-ethyl adjacent to an activating group) is 2. The molecular formula is C10H28N2O5P2. The molecule has 2 N–H and O–H groups in total. The molecule has 2 atom stereocenters. The van der Waals surface area contributed by atoms with Gasteiger partial charge in [0.05, 0.1) is 0 Å². The molecule has 0 saturated heterocycles. The maximum absolute atomic E-state index is 9.44. The summed E-state index contributed by atoms with van der Waals surface area (Å²) in [6.07, 6.45) is 0. The third-order valence-corrected chi connectivity index (χ3v) is 4.09. The van der Waals surface area contributed by atoms with Crippen LogP contribution in [0.25, 0.3) is 0 Å². The molecule has 9 heteroatoms. The molecule has 2 unspecified atom stereocenters. The summed E-state index contributed by atoms with van der Waals surface area (Å²) in [6, 6.07) is 0. The fraction of sp³-hybridized carbons (Fsp3) is 1.00. The maximum atomic E-state index is 9.44. The van der Waals surface area contributed by atoms with E-state index in [1.54, 1.807) is 0 Å². The smallest absolute Gasteiger partial charge is 0.323 e. The van der Waals surface area contributed by atoms with Crippen LogP contribution in [0.3, 0.4) is 0 Å². The van der Waals surface area contributed by atoms with Crippen LogP contribution in [0.2, 0.25) is 0 Å². The van der Waals surface area contributed by atoms with Crippen LogP contribution >= 0.6 is 16.5 Å². The van der Waals surface area contributed by atoms with Crippen LogP contribution in [-0.2, 0) is 13.4 Å². The van der Waals surface area contributed by atoms with Crippen molar-refractivity contribution < 1.29 is 23.2 Å². The van der Waals surface area contributed by atoms with Gasteiger partial charge in [-0.2, -0.15) is 0 Å². The highest BCUT2D eigenvalue weighted by atomic mass is 31.2. The standard InChI is InChI=1S/C10H24N2.H4O5P2/c1-5-11(6-2)9-10-12(7-3)8-4;1-6(2)5-7(3)4/h5-10H2,1-4H3;6-7H,(H,1,2)(H,3,4). The Morgan fingerprint density at radius 1 is 0.789 bits per heavy atom. The Bertz CT molecular complexity index is 224. The van der Waals surface area contributed by atoms with E-state index in [-0.39, 0.29) is 0 Å². The Labute approximate surface area is 117 Å². The molecule has 7 nitrogen and oxygen atoms in total. The predicted molar refractivity (Wildman–Crippen MR) is 79.1 cm³/mol. The first-order chi connectivity index (χ1) is 8.90.